The minimum absolute atomic E-state index is 0.357. The van der Waals surface area contributed by atoms with Gasteiger partial charge in [0.2, 0.25) is 5.88 Å². The first-order valence-corrected chi connectivity index (χ1v) is 11.8. The van der Waals surface area contributed by atoms with Gasteiger partial charge < -0.3 is 14.6 Å². The van der Waals surface area contributed by atoms with E-state index in [9.17, 15) is 5.11 Å². The first-order valence-electron chi connectivity index (χ1n) is 11.8. The van der Waals surface area contributed by atoms with E-state index in [1.54, 1.807) is 11.8 Å². The standard InChI is InChI=1S/C27H37N3O3/c1-6-12-22(31)18-30(17-20(2)3)19-23-26(21-13-8-7-9-14-21)28-29(4)27(23)33-25-16-11-10-15-24(25)32-5/h7-11,13-16,20,22,31H,6,12,17-19H2,1-5H3. The second-order valence-electron chi connectivity index (χ2n) is 8.91. The van der Waals surface area contributed by atoms with Gasteiger partial charge in [-0.25, -0.2) is 4.68 Å². The van der Waals surface area contributed by atoms with E-state index in [0.29, 0.717) is 36.4 Å². The molecule has 1 unspecified atom stereocenters. The molecule has 0 fully saturated rings. The van der Waals surface area contributed by atoms with Crippen LogP contribution >= 0.6 is 0 Å². The molecule has 1 heterocycles. The third-order valence-electron chi connectivity index (χ3n) is 5.51. The topological polar surface area (TPSA) is 59.8 Å². The Labute approximate surface area is 197 Å². The number of ether oxygens (including phenoxy) is 2. The van der Waals surface area contributed by atoms with Gasteiger partial charge in [0.25, 0.3) is 0 Å². The molecule has 3 rings (SSSR count). The normalized spacial score (nSPS) is 12.4. The first-order chi connectivity index (χ1) is 15.9. The Morgan fingerprint density at radius 2 is 1.67 bits per heavy atom. The van der Waals surface area contributed by atoms with E-state index in [-0.39, 0.29) is 6.10 Å². The van der Waals surface area contributed by atoms with E-state index >= 15 is 0 Å². The van der Waals surface area contributed by atoms with Crippen molar-refractivity contribution in [3.63, 3.8) is 0 Å². The average Bonchev–Trinajstić information content (AvgIpc) is 3.09. The second kappa shape index (κ2) is 11.9. The summed E-state index contributed by atoms with van der Waals surface area (Å²) >= 11 is 0. The van der Waals surface area contributed by atoms with Gasteiger partial charge in [0.1, 0.15) is 5.69 Å². The number of rotatable bonds is 12. The zero-order valence-electron chi connectivity index (χ0n) is 20.5. The SMILES string of the molecule is CCCC(O)CN(Cc1c(-c2ccccc2)nn(C)c1Oc1ccccc1OC)CC(C)C. The van der Waals surface area contributed by atoms with Crippen molar-refractivity contribution in [1.29, 1.82) is 0 Å². The Hall–Kier alpha value is -2.83. The summed E-state index contributed by atoms with van der Waals surface area (Å²) in [5.41, 5.74) is 2.93. The molecule has 1 aromatic heterocycles. The Bertz CT molecular complexity index is 1000. The molecule has 0 saturated carbocycles. The van der Waals surface area contributed by atoms with Crippen LogP contribution in [0.5, 0.6) is 17.4 Å². The molecule has 33 heavy (non-hydrogen) atoms. The molecule has 178 valence electrons. The number of benzene rings is 2. The Balaban J connectivity index is 2.03. The Morgan fingerprint density at radius 3 is 2.30 bits per heavy atom. The summed E-state index contributed by atoms with van der Waals surface area (Å²) < 4.78 is 13.7. The molecule has 1 atom stereocenters. The number of methoxy groups -OCH3 is 1. The fourth-order valence-electron chi connectivity index (χ4n) is 4.12. The summed E-state index contributed by atoms with van der Waals surface area (Å²) in [6.07, 6.45) is 1.39. The van der Waals surface area contributed by atoms with Gasteiger partial charge in [0.15, 0.2) is 11.5 Å². The number of nitrogens with zero attached hydrogens (tertiary/aromatic N) is 3. The summed E-state index contributed by atoms with van der Waals surface area (Å²) in [4.78, 5) is 2.31. The number of aliphatic hydroxyl groups is 1. The van der Waals surface area contributed by atoms with Crippen LogP contribution in [0.2, 0.25) is 0 Å². The van der Waals surface area contributed by atoms with Gasteiger partial charge >= 0.3 is 0 Å². The number of hydrogen-bond acceptors (Lipinski definition) is 5. The van der Waals surface area contributed by atoms with Crippen molar-refractivity contribution in [2.45, 2.75) is 46.3 Å². The summed E-state index contributed by atoms with van der Waals surface area (Å²) in [5.74, 6) is 2.46. The lowest BCUT2D eigenvalue weighted by Gasteiger charge is -2.27. The minimum atomic E-state index is -0.357. The van der Waals surface area contributed by atoms with Crippen molar-refractivity contribution in [2.75, 3.05) is 20.2 Å². The summed E-state index contributed by atoms with van der Waals surface area (Å²) in [7, 11) is 3.54. The lowest BCUT2D eigenvalue weighted by atomic mass is 10.1. The summed E-state index contributed by atoms with van der Waals surface area (Å²) in [5, 5.41) is 15.4. The summed E-state index contributed by atoms with van der Waals surface area (Å²) in [6, 6.07) is 17.8. The molecular weight excluding hydrogens is 414 g/mol. The van der Waals surface area contributed by atoms with Crippen LogP contribution in [0.25, 0.3) is 11.3 Å². The van der Waals surface area contributed by atoms with Gasteiger partial charge in [0, 0.05) is 32.2 Å². The molecular formula is C27H37N3O3. The van der Waals surface area contributed by atoms with Crippen LogP contribution in [0.3, 0.4) is 0 Å². The van der Waals surface area contributed by atoms with Crippen LogP contribution in [0.4, 0.5) is 0 Å². The second-order valence-corrected chi connectivity index (χ2v) is 8.91. The number of aromatic nitrogens is 2. The van der Waals surface area contributed by atoms with Crippen molar-refractivity contribution >= 4 is 0 Å². The highest BCUT2D eigenvalue weighted by atomic mass is 16.5. The lowest BCUT2D eigenvalue weighted by Crippen LogP contribution is -2.34. The number of aliphatic hydroxyl groups excluding tert-OH is 1. The predicted octanol–water partition coefficient (Wildman–Crippen LogP) is 5.51. The molecule has 3 aromatic rings. The molecule has 6 heteroatoms. The van der Waals surface area contributed by atoms with Crippen molar-refractivity contribution in [1.82, 2.24) is 14.7 Å². The lowest BCUT2D eigenvalue weighted by molar-refractivity contribution is 0.0940. The Kier molecular flexibility index (Phi) is 8.92. The molecule has 0 aliphatic rings. The first kappa shape index (κ1) is 24.8. The van der Waals surface area contributed by atoms with Gasteiger partial charge in [-0.1, -0.05) is 69.7 Å². The van der Waals surface area contributed by atoms with Crippen LogP contribution in [0.15, 0.2) is 54.6 Å². The smallest absolute Gasteiger partial charge is 0.222 e. The Morgan fingerprint density at radius 1 is 1.00 bits per heavy atom. The zero-order chi connectivity index (χ0) is 23.8. The molecule has 6 nitrogen and oxygen atoms in total. The number of para-hydroxylation sites is 2. The molecule has 0 spiro atoms. The van der Waals surface area contributed by atoms with Crippen LogP contribution in [-0.2, 0) is 13.6 Å². The van der Waals surface area contributed by atoms with E-state index in [1.807, 2.05) is 49.5 Å². The largest absolute Gasteiger partial charge is 0.493 e. The molecule has 0 aliphatic heterocycles. The van der Waals surface area contributed by atoms with Crippen molar-refractivity contribution in [3.8, 4) is 28.6 Å². The zero-order valence-corrected chi connectivity index (χ0v) is 20.5. The van der Waals surface area contributed by atoms with E-state index in [0.717, 1.165) is 36.2 Å². The quantitative estimate of drug-likeness (QED) is 0.394. The fourth-order valence-corrected chi connectivity index (χ4v) is 4.12. The van der Waals surface area contributed by atoms with E-state index in [1.165, 1.54) is 0 Å². The third kappa shape index (κ3) is 6.59. The molecule has 0 bridgehead atoms. The van der Waals surface area contributed by atoms with E-state index < -0.39 is 0 Å². The minimum Gasteiger partial charge on any atom is -0.493 e. The van der Waals surface area contributed by atoms with Gasteiger partial charge in [-0.3, -0.25) is 4.90 Å². The maximum absolute atomic E-state index is 10.6. The highest BCUT2D eigenvalue weighted by Crippen LogP contribution is 2.37. The van der Waals surface area contributed by atoms with Gasteiger partial charge in [-0.2, -0.15) is 5.10 Å². The summed E-state index contributed by atoms with van der Waals surface area (Å²) in [6.45, 7) is 8.62. The maximum atomic E-state index is 10.6. The van der Waals surface area contributed by atoms with Gasteiger partial charge in [-0.05, 0) is 24.5 Å². The number of hydrogen-bond donors (Lipinski definition) is 1. The van der Waals surface area contributed by atoms with E-state index in [2.05, 4.69) is 37.8 Å². The van der Waals surface area contributed by atoms with Crippen molar-refractivity contribution in [3.05, 3.63) is 60.2 Å². The van der Waals surface area contributed by atoms with Gasteiger partial charge in [0.05, 0.1) is 18.8 Å². The van der Waals surface area contributed by atoms with E-state index in [4.69, 9.17) is 14.6 Å². The van der Waals surface area contributed by atoms with Crippen LogP contribution < -0.4 is 9.47 Å². The van der Waals surface area contributed by atoms with Crippen LogP contribution in [0, 0.1) is 5.92 Å². The highest BCUT2D eigenvalue weighted by molar-refractivity contribution is 5.66. The fraction of sp³-hybridized carbons (Fsp3) is 0.444. The maximum Gasteiger partial charge on any atom is 0.222 e. The predicted molar refractivity (Wildman–Crippen MR) is 133 cm³/mol. The molecule has 2 aromatic carbocycles. The van der Waals surface area contributed by atoms with Gasteiger partial charge in [-0.15, -0.1) is 0 Å². The molecule has 0 aliphatic carbocycles. The average molecular weight is 452 g/mol. The molecule has 1 N–H and O–H groups in total. The molecule has 0 radical (unpaired) electrons. The number of aryl methyl sites for hydroxylation is 1. The van der Waals surface area contributed by atoms with Crippen LogP contribution in [0.1, 0.15) is 39.2 Å². The van der Waals surface area contributed by atoms with Crippen molar-refractivity contribution < 1.29 is 14.6 Å². The third-order valence-corrected chi connectivity index (χ3v) is 5.51. The monoisotopic (exact) mass is 451 g/mol. The molecule has 0 saturated heterocycles. The molecule has 0 amide bonds. The highest BCUT2D eigenvalue weighted by Gasteiger charge is 2.24. The van der Waals surface area contributed by atoms with Crippen molar-refractivity contribution in [2.24, 2.45) is 13.0 Å². The van der Waals surface area contributed by atoms with Crippen LogP contribution in [-0.4, -0.2) is 46.1 Å².